The second-order valence-electron chi connectivity index (χ2n) is 5.66. The third kappa shape index (κ3) is 3.13. The number of hydrogen-bond acceptors (Lipinski definition) is 2. The van der Waals surface area contributed by atoms with Crippen LogP contribution in [0.4, 0.5) is 26.3 Å². The molecular weight excluding hydrogens is 488 g/mol. The van der Waals surface area contributed by atoms with Gasteiger partial charge in [0, 0.05) is 10.1 Å². The summed E-state index contributed by atoms with van der Waals surface area (Å²) in [6.45, 7) is 0. The van der Waals surface area contributed by atoms with Gasteiger partial charge in [-0.25, -0.2) is 8.42 Å². The minimum Gasteiger partial charge on any atom is -0.226 e. The van der Waals surface area contributed by atoms with E-state index >= 15 is 0 Å². The molecule has 0 radical (unpaired) electrons. The molecule has 2 nitrogen and oxygen atoms in total. The smallest absolute Gasteiger partial charge is 0.226 e. The molecular formula is C14H8Cl4F6O2S. The maximum Gasteiger partial charge on any atom is 0.413 e. The van der Waals surface area contributed by atoms with Crippen molar-refractivity contribution in [1.82, 2.24) is 0 Å². The van der Waals surface area contributed by atoms with E-state index in [-0.39, 0.29) is 22.2 Å². The number of halogens is 10. The lowest BCUT2D eigenvalue weighted by molar-refractivity contribution is -0.159. The lowest BCUT2D eigenvalue weighted by atomic mass is 9.97. The van der Waals surface area contributed by atoms with Crippen LogP contribution >= 0.6 is 46.4 Å². The Morgan fingerprint density at radius 3 is 1.30 bits per heavy atom. The zero-order valence-corrected chi connectivity index (χ0v) is 16.5. The molecule has 0 saturated carbocycles. The molecule has 0 N–H and O–H groups in total. The SMILES string of the molecule is O=S(=O)(C1(C(F)(F)F)C=CC(Cl)=CC1Cl)C1(C(F)(F)F)C=CC(Cl)=CC1Cl. The predicted octanol–water partition coefficient (Wildman–Crippen LogP) is 5.60. The summed E-state index contributed by atoms with van der Waals surface area (Å²) >= 11 is 22.3. The van der Waals surface area contributed by atoms with Crippen molar-refractivity contribution in [3.63, 3.8) is 0 Å². The van der Waals surface area contributed by atoms with E-state index in [0.717, 1.165) is 0 Å². The van der Waals surface area contributed by atoms with Gasteiger partial charge in [-0.15, -0.1) is 23.2 Å². The van der Waals surface area contributed by atoms with Gasteiger partial charge in [0.05, 0.1) is 10.8 Å². The number of rotatable bonds is 2. The summed E-state index contributed by atoms with van der Waals surface area (Å²) < 4.78 is 101. The molecule has 4 atom stereocenters. The minimum absolute atomic E-state index is 0.00714. The van der Waals surface area contributed by atoms with E-state index in [2.05, 4.69) is 0 Å². The van der Waals surface area contributed by atoms with E-state index in [1.165, 1.54) is 0 Å². The molecule has 2 rings (SSSR count). The highest BCUT2D eigenvalue weighted by atomic mass is 35.5. The molecule has 13 heteroatoms. The van der Waals surface area contributed by atoms with E-state index in [1.807, 2.05) is 0 Å². The topological polar surface area (TPSA) is 34.1 Å². The number of alkyl halides is 8. The largest absolute Gasteiger partial charge is 0.413 e. The summed E-state index contributed by atoms with van der Waals surface area (Å²) in [6, 6.07) is 0. The summed E-state index contributed by atoms with van der Waals surface area (Å²) in [6.07, 6.45) is -9.40. The predicted molar refractivity (Wildman–Crippen MR) is 91.9 cm³/mol. The summed E-state index contributed by atoms with van der Waals surface area (Å²) in [4.78, 5) is 0. The van der Waals surface area contributed by atoms with Crippen LogP contribution < -0.4 is 0 Å². The first-order valence-electron chi connectivity index (χ1n) is 6.83. The minimum atomic E-state index is -6.26. The maximum absolute atomic E-state index is 13.9. The third-order valence-corrected chi connectivity index (χ3v) is 8.91. The Hall–Kier alpha value is -0.350. The first-order valence-corrected chi connectivity index (χ1v) is 9.94. The first-order chi connectivity index (χ1) is 12.0. The normalized spacial score (nSPS) is 35.0. The fourth-order valence-electron chi connectivity index (χ4n) is 2.79. The van der Waals surface area contributed by atoms with Crippen molar-refractivity contribution < 1.29 is 34.8 Å². The molecule has 27 heavy (non-hydrogen) atoms. The van der Waals surface area contributed by atoms with Crippen molar-refractivity contribution in [2.45, 2.75) is 32.6 Å². The number of hydrogen-bond donors (Lipinski definition) is 0. The molecule has 0 aliphatic heterocycles. The molecule has 0 heterocycles. The average molecular weight is 496 g/mol. The van der Waals surface area contributed by atoms with Crippen LogP contribution in [0.25, 0.3) is 0 Å². The Morgan fingerprint density at radius 2 is 1.07 bits per heavy atom. The van der Waals surface area contributed by atoms with Gasteiger partial charge in [-0.2, -0.15) is 26.3 Å². The average Bonchev–Trinajstić information content (AvgIpc) is 2.43. The van der Waals surface area contributed by atoms with Crippen LogP contribution in [-0.2, 0) is 9.84 Å². The Labute approximate surface area is 170 Å². The first kappa shape index (κ1) is 22.9. The van der Waals surface area contributed by atoms with Crippen LogP contribution in [0.15, 0.2) is 46.5 Å². The Morgan fingerprint density at radius 1 is 0.778 bits per heavy atom. The van der Waals surface area contributed by atoms with E-state index < -0.39 is 42.4 Å². The van der Waals surface area contributed by atoms with Crippen molar-refractivity contribution in [2.24, 2.45) is 0 Å². The van der Waals surface area contributed by atoms with Crippen LogP contribution in [0.5, 0.6) is 0 Å². The van der Waals surface area contributed by atoms with E-state index in [0.29, 0.717) is 24.3 Å². The molecule has 0 amide bonds. The van der Waals surface area contributed by atoms with Crippen LogP contribution in [0, 0.1) is 0 Å². The van der Waals surface area contributed by atoms with Gasteiger partial charge in [-0.1, -0.05) is 35.4 Å². The van der Waals surface area contributed by atoms with Crippen molar-refractivity contribution in [2.75, 3.05) is 0 Å². The standard InChI is InChI=1S/C14H8Cl4F6O2S/c15-7-1-3-11(9(17)5-7,13(19,20)21)27(25,26)12(14(22,23)24)4-2-8(16)6-10(12)18/h1-6,9-10H. The lowest BCUT2D eigenvalue weighted by Crippen LogP contribution is -2.69. The molecule has 4 unspecified atom stereocenters. The fourth-order valence-corrected chi connectivity index (χ4v) is 7.06. The molecule has 0 aromatic carbocycles. The molecule has 0 spiro atoms. The van der Waals surface area contributed by atoms with Crippen LogP contribution in [0.3, 0.4) is 0 Å². The zero-order chi connectivity index (χ0) is 21.1. The fraction of sp³-hybridized carbons (Fsp3) is 0.429. The summed E-state index contributed by atoms with van der Waals surface area (Å²) in [5, 5.41) is -5.68. The van der Waals surface area contributed by atoms with Gasteiger partial charge < -0.3 is 0 Å². The van der Waals surface area contributed by atoms with Gasteiger partial charge in [0.2, 0.25) is 9.49 Å². The van der Waals surface area contributed by atoms with E-state index in [4.69, 9.17) is 46.4 Å². The van der Waals surface area contributed by atoms with Crippen LogP contribution in [0.2, 0.25) is 0 Å². The van der Waals surface area contributed by atoms with Crippen LogP contribution in [-0.4, -0.2) is 41.0 Å². The van der Waals surface area contributed by atoms with Crippen LogP contribution in [0.1, 0.15) is 0 Å². The Balaban J connectivity index is 2.91. The molecule has 0 bridgehead atoms. The number of sulfone groups is 1. The highest BCUT2D eigenvalue weighted by Gasteiger charge is 2.78. The molecule has 2 aliphatic rings. The van der Waals surface area contributed by atoms with Gasteiger partial charge in [0.15, 0.2) is 9.84 Å². The highest BCUT2D eigenvalue weighted by molar-refractivity contribution is 7.95. The third-order valence-electron chi connectivity index (χ3n) is 4.19. The number of allylic oxidation sites excluding steroid dienone is 6. The van der Waals surface area contributed by atoms with Gasteiger partial charge in [-0.05, 0) is 24.3 Å². The van der Waals surface area contributed by atoms with Crippen molar-refractivity contribution >= 4 is 56.2 Å². The Bertz CT molecular complexity index is 794. The second-order valence-corrected chi connectivity index (χ2v) is 9.83. The molecule has 0 aromatic heterocycles. The molecule has 0 aromatic rings. The van der Waals surface area contributed by atoms with Gasteiger partial charge in [0.25, 0.3) is 0 Å². The van der Waals surface area contributed by atoms with Crippen molar-refractivity contribution in [1.29, 1.82) is 0 Å². The second kappa shape index (κ2) is 6.86. The van der Waals surface area contributed by atoms with Gasteiger partial charge in [0.1, 0.15) is 0 Å². The summed E-state index contributed by atoms with van der Waals surface area (Å²) in [5.74, 6) is 0. The molecule has 0 saturated heterocycles. The van der Waals surface area contributed by atoms with Gasteiger partial charge >= 0.3 is 12.4 Å². The summed E-state index contributed by atoms with van der Waals surface area (Å²) in [5.41, 5.74) is 0. The molecule has 152 valence electrons. The highest BCUT2D eigenvalue weighted by Crippen LogP contribution is 2.56. The van der Waals surface area contributed by atoms with Crippen molar-refractivity contribution in [3.05, 3.63) is 46.5 Å². The van der Waals surface area contributed by atoms with Crippen molar-refractivity contribution in [3.8, 4) is 0 Å². The quantitative estimate of drug-likeness (QED) is 0.369. The maximum atomic E-state index is 13.9. The van der Waals surface area contributed by atoms with E-state index in [9.17, 15) is 34.8 Å². The zero-order valence-electron chi connectivity index (χ0n) is 12.6. The van der Waals surface area contributed by atoms with Gasteiger partial charge in [-0.3, -0.25) is 0 Å². The Kier molecular flexibility index (Phi) is 5.83. The summed E-state index contributed by atoms with van der Waals surface area (Å²) in [7, 11) is -6.26. The molecule has 0 fully saturated rings. The lowest BCUT2D eigenvalue weighted by Gasteiger charge is -2.45. The molecule has 2 aliphatic carbocycles. The van der Waals surface area contributed by atoms with E-state index in [1.54, 1.807) is 0 Å². The monoisotopic (exact) mass is 494 g/mol.